The van der Waals surface area contributed by atoms with E-state index in [1.54, 1.807) is 12.1 Å². The second kappa shape index (κ2) is 10.4. The lowest BCUT2D eigenvalue weighted by Crippen LogP contribution is -2.45. The Bertz CT molecular complexity index is 690. The topological polar surface area (TPSA) is 66.0 Å². The van der Waals surface area contributed by atoms with Crippen LogP contribution in [0.1, 0.15) is 32.8 Å². The Kier molecular flexibility index (Phi) is 8.16. The summed E-state index contributed by atoms with van der Waals surface area (Å²) in [7, 11) is 0. The van der Waals surface area contributed by atoms with E-state index >= 15 is 0 Å². The van der Waals surface area contributed by atoms with Crippen molar-refractivity contribution in [3.63, 3.8) is 0 Å². The highest BCUT2D eigenvalue weighted by Gasteiger charge is 2.29. The molecule has 2 rings (SSSR count). The maximum absolute atomic E-state index is 12.2. The van der Waals surface area contributed by atoms with Gasteiger partial charge in [0.1, 0.15) is 5.75 Å². The molecule has 29 heavy (non-hydrogen) atoms. The van der Waals surface area contributed by atoms with E-state index in [0.717, 1.165) is 18.5 Å². The smallest absolute Gasteiger partial charge is 0.422 e. The molecule has 1 saturated heterocycles. The third kappa shape index (κ3) is 7.83. The number of rotatable bonds is 7. The minimum Gasteiger partial charge on any atom is -0.484 e. The van der Waals surface area contributed by atoms with Gasteiger partial charge in [0.2, 0.25) is 5.91 Å². The molecule has 9 heteroatoms. The molecule has 0 saturated carbocycles. The van der Waals surface area contributed by atoms with Crippen LogP contribution in [-0.2, 0) is 11.3 Å². The Labute approximate surface area is 169 Å². The number of hydrogen-bond acceptors (Lipinski definition) is 3. The van der Waals surface area contributed by atoms with Crippen LogP contribution in [0, 0.1) is 5.92 Å². The predicted octanol–water partition coefficient (Wildman–Crippen LogP) is 2.94. The number of guanidine groups is 1. The predicted molar refractivity (Wildman–Crippen MR) is 106 cm³/mol. The molecular formula is C20H29F3N4O2. The zero-order valence-corrected chi connectivity index (χ0v) is 17.1. The van der Waals surface area contributed by atoms with Gasteiger partial charge in [-0.3, -0.25) is 4.79 Å². The molecule has 0 radical (unpaired) electrons. The van der Waals surface area contributed by atoms with E-state index in [0.29, 0.717) is 25.6 Å². The van der Waals surface area contributed by atoms with Crippen LogP contribution in [0.2, 0.25) is 0 Å². The molecule has 2 N–H and O–H groups in total. The molecule has 1 atom stereocenters. The molecule has 1 aromatic carbocycles. The lowest BCUT2D eigenvalue weighted by Gasteiger charge is -2.20. The number of benzene rings is 1. The number of alkyl halides is 3. The lowest BCUT2D eigenvalue weighted by molar-refractivity contribution is -0.153. The van der Waals surface area contributed by atoms with Crippen molar-refractivity contribution >= 4 is 11.9 Å². The number of ether oxygens (including phenoxy) is 1. The molecule has 1 aliphatic rings. The fourth-order valence-electron chi connectivity index (χ4n) is 2.98. The first-order valence-electron chi connectivity index (χ1n) is 9.80. The third-order valence-corrected chi connectivity index (χ3v) is 4.42. The van der Waals surface area contributed by atoms with Crippen LogP contribution in [0.5, 0.6) is 5.75 Å². The Hall–Kier alpha value is -2.45. The number of amides is 1. The normalized spacial score (nSPS) is 17.6. The second-order valence-corrected chi connectivity index (χ2v) is 7.31. The van der Waals surface area contributed by atoms with Crippen molar-refractivity contribution in [1.29, 1.82) is 0 Å². The molecule has 162 valence electrons. The van der Waals surface area contributed by atoms with Crippen molar-refractivity contribution in [2.75, 3.05) is 26.2 Å². The standard InChI is InChI=1S/C20H29F3N4O2/c1-4-24-19(26-16-9-10-27(12-16)18(28)14(2)3)25-11-15-5-7-17(8-6-15)29-13-20(21,22)23/h5-8,14,16H,4,9-13H2,1-3H3,(H2,24,25,26). The third-order valence-electron chi connectivity index (χ3n) is 4.42. The van der Waals surface area contributed by atoms with Gasteiger partial charge in [-0.1, -0.05) is 26.0 Å². The number of nitrogens with zero attached hydrogens (tertiary/aromatic N) is 2. The van der Waals surface area contributed by atoms with Crippen molar-refractivity contribution in [2.24, 2.45) is 10.9 Å². The van der Waals surface area contributed by atoms with Crippen molar-refractivity contribution < 1.29 is 22.7 Å². The van der Waals surface area contributed by atoms with E-state index in [1.165, 1.54) is 12.1 Å². The van der Waals surface area contributed by atoms with Crippen molar-refractivity contribution in [1.82, 2.24) is 15.5 Å². The van der Waals surface area contributed by atoms with Gasteiger partial charge in [0.15, 0.2) is 12.6 Å². The van der Waals surface area contributed by atoms with Gasteiger partial charge in [0.05, 0.1) is 6.54 Å². The van der Waals surface area contributed by atoms with Crippen LogP contribution >= 0.6 is 0 Å². The van der Waals surface area contributed by atoms with Gasteiger partial charge in [-0.2, -0.15) is 13.2 Å². The number of aliphatic imine (C=N–C) groups is 1. The number of hydrogen-bond donors (Lipinski definition) is 2. The highest BCUT2D eigenvalue weighted by Crippen LogP contribution is 2.19. The Morgan fingerprint density at radius 1 is 1.31 bits per heavy atom. The quantitative estimate of drug-likeness (QED) is 0.532. The van der Waals surface area contributed by atoms with Gasteiger partial charge in [-0.25, -0.2) is 4.99 Å². The van der Waals surface area contributed by atoms with Crippen LogP contribution in [0.3, 0.4) is 0 Å². The molecule has 1 unspecified atom stereocenters. The van der Waals surface area contributed by atoms with E-state index < -0.39 is 12.8 Å². The van der Waals surface area contributed by atoms with E-state index in [2.05, 4.69) is 15.6 Å². The first-order chi connectivity index (χ1) is 13.7. The summed E-state index contributed by atoms with van der Waals surface area (Å²) in [5.74, 6) is 0.956. The van der Waals surface area contributed by atoms with Gasteiger partial charge in [-0.15, -0.1) is 0 Å². The fourth-order valence-corrected chi connectivity index (χ4v) is 2.98. The van der Waals surface area contributed by atoms with Crippen LogP contribution in [-0.4, -0.2) is 55.2 Å². The van der Waals surface area contributed by atoms with Gasteiger partial charge in [0, 0.05) is 31.6 Å². The first-order valence-corrected chi connectivity index (χ1v) is 9.80. The Balaban J connectivity index is 1.89. The van der Waals surface area contributed by atoms with Gasteiger partial charge in [0.25, 0.3) is 0 Å². The number of carbonyl (C=O) groups is 1. The van der Waals surface area contributed by atoms with Crippen molar-refractivity contribution in [2.45, 2.75) is 46.0 Å². The maximum atomic E-state index is 12.2. The van der Waals surface area contributed by atoms with Crippen LogP contribution in [0.25, 0.3) is 0 Å². The highest BCUT2D eigenvalue weighted by molar-refractivity contribution is 5.81. The fraction of sp³-hybridized carbons (Fsp3) is 0.600. The molecule has 6 nitrogen and oxygen atoms in total. The zero-order valence-electron chi connectivity index (χ0n) is 17.1. The molecule has 1 amide bonds. The average Bonchev–Trinajstić information content (AvgIpc) is 3.12. The monoisotopic (exact) mass is 414 g/mol. The first kappa shape index (κ1) is 22.8. The molecule has 0 aromatic heterocycles. The van der Waals surface area contributed by atoms with Gasteiger partial charge in [-0.05, 0) is 31.0 Å². The maximum Gasteiger partial charge on any atom is 0.422 e. The summed E-state index contributed by atoms with van der Waals surface area (Å²) in [5.41, 5.74) is 0.851. The second-order valence-electron chi connectivity index (χ2n) is 7.31. The summed E-state index contributed by atoms with van der Waals surface area (Å²) in [4.78, 5) is 18.5. The molecule has 0 spiro atoms. The summed E-state index contributed by atoms with van der Waals surface area (Å²) in [5, 5.41) is 6.54. The summed E-state index contributed by atoms with van der Waals surface area (Å²) in [6.07, 6.45) is -3.50. The number of halogens is 3. The summed E-state index contributed by atoms with van der Waals surface area (Å²) >= 11 is 0. The Morgan fingerprint density at radius 3 is 2.59 bits per heavy atom. The zero-order chi connectivity index (χ0) is 21.4. The van der Waals surface area contributed by atoms with Gasteiger partial charge < -0.3 is 20.3 Å². The number of carbonyl (C=O) groups excluding carboxylic acids is 1. The molecule has 1 aromatic rings. The molecule has 1 aliphatic heterocycles. The minimum atomic E-state index is -4.36. The number of nitrogens with one attached hydrogen (secondary N) is 2. The Morgan fingerprint density at radius 2 is 2.00 bits per heavy atom. The molecule has 1 fully saturated rings. The molecular weight excluding hydrogens is 385 g/mol. The van der Waals surface area contributed by atoms with Gasteiger partial charge >= 0.3 is 6.18 Å². The SMILES string of the molecule is CCNC(=NCc1ccc(OCC(F)(F)F)cc1)NC1CCN(C(=O)C(C)C)C1. The summed E-state index contributed by atoms with van der Waals surface area (Å²) in [6.45, 7) is 6.89. The minimum absolute atomic E-state index is 0.0151. The lowest BCUT2D eigenvalue weighted by atomic mass is 10.2. The van der Waals surface area contributed by atoms with Crippen molar-refractivity contribution in [3.8, 4) is 5.75 Å². The van der Waals surface area contributed by atoms with Crippen LogP contribution in [0.4, 0.5) is 13.2 Å². The van der Waals surface area contributed by atoms with Crippen LogP contribution in [0.15, 0.2) is 29.3 Å². The molecule has 1 heterocycles. The summed E-state index contributed by atoms with van der Waals surface area (Å²) in [6, 6.07) is 6.52. The molecule has 0 bridgehead atoms. The van der Waals surface area contributed by atoms with E-state index in [9.17, 15) is 18.0 Å². The van der Waals surface area contributed by atoms with E-state index in [4.69, 9.17) is 4.74 Å². The number of likely N-dealkylation sites (tertiary alicyclic amines) is 1. The van der Waals surface area contributed by atoms with E-state index in [1.807, 2.05) is 25.7 Å². The van der Waals surface area contributed by atoms with Crippen molar-refractivity contribution in [3.05, 3.63) is 29.8 Å². The van der Waals surface area contributed by atoms with E-state index in [-0.39, 0.29) is 23.6 Å². The largest absolute Gasteiger partial charge is 0.484 e. The van der Waals surface area contributed by atoms with Crippen LogP contribution < -0.4 is 15.4 Å². The summed E-state index contributed by atoms with van der Waals surface area (Å²) < 4.78 is 41.3. The average molecular weight is 414 g/mol. The molecule has 0 aliphatic carbocycles. The highest BCUT2D eigenvalue weighted by atomic mass is 19.4.